The number of nitrogens with zero attached hydrogens (tertiary/aromatic N) is 4. The highest BCUT2D eigenvalue weighted by molar-refractivity contribution is 14.0. The molecule has 4 atom stereocenters. The van der Waals surface area contributed by atoms with Gasteiger partial charge in [-0.3, -0.25) is 24.2 Å². The van der Waals surface area contributed by atoms with Crippen molar-refractivity contribution in [1.82, 2.24) is 25.3 Å². The third kappa shape index (κ3) is 3.88. The summed E-state index contributed by atoms with van der Waals surface area (Å²) in [5.74, 6) is 0.946. The summed E-state index contributed by atoms with van der Waals surface area (Å²) in [4.78, 5) is 31.1. The van der Waals surface area contributed by atoms with Gasteiger partial charge in [0.2, 0.25) is 11.8 Å². The van der Waals surface area contributed by atoms with Crippen LogP contribution in [0, 0.1) is 37.5 Å². The number of carbonyl (C=O) groups excluding carboxylic acids is 2. The van der Waals surface area contributed by atoms with E-state index < -0.39 is 0 Å². The number of hydrogen-bond donors (Lipinski definition) is 2. The number of allylic oxidation sites excluding steroid dienone is 2. The topological polar surface area (TPSA) is 91.6 Å². The van der Waals surface area contributed by atoms with Gasteiger partial charge >= 0.3 is 0 Å². The summed E-state index contributed by atoms with van der Waals surface area (Å²) in [7, 11) is 3.67. The van der Waals surface area contributed by atoms with Gasteiger partial charge in [-0.2, -0.15) is 5.10 Å². The Morgan fingerprint density at radius 1 is 1.13 bits per heavy atom. The van der Waals surface area contributed by atoms with Gasteiger partial charge in [-0.15, -0.1) is 24.0 Å². The van der Waals surface area contributed by atoms with E-state index in [9.17, 15) is 9.59 Å². The van der Waals surface area contributed by atoms with E-state index in [0.29, 0.717) is 19.0 Å². The number of carbonyl (C=O) groups is 2. The highest BCUT2D eigenvalue weighted by atomic mass is 127. The van der Waals surface area contributed by atoms with Gasteiger partial charge in [-0.25, -0.2) is 0 Å². The number of fused-ring (bicyclic) bond motifs is 5. The SMILES string of the molecule is CN=C(NCCc1c(C)nn(C)c1C)NCCN1C(=O)C2C3C=CC(C3)C2C1=O.I. The van der Waals surface area contributed by atoms with Gasteiger partial charge in [0, 0.05) is 39.4 Å². The smallest absolute Gasteiger partial charge is 0.233 e. The average molecular weight is 526 g/mol. The molecule has 3 aliphatic rings. The largest absolute Gasteiger partial charge is 0.356 e. The molecule has 1 aliphatic heterocycles. The van der Waals surface area contributed by atoms with Crippen molar-refractivity contribution in [3.8, 4) is 0 Å². The fourth-order valence-corrected chi connectivity index (χ4v) is 5.18. The lowest BCUT2D eigenvalue weighted by atomic mass is 9.85. The number of rotatable bonds is 6. The normalized spacial score (nSPS) is 26.9. The van der Waals surface area contributed by atoms with Crippen molar-refractivity contribution in [3.05, 3.63) is 29.1 Å². The van der Waals surface area contributed by atoms with E-state index >= 15 is 0 Å². The Kier molecular flexibility index (Phi) is 6.88. The van der Waals surface area contributed by atoms with Crippen LogP contribution < -0.4 is 10.6 Å². The van der Waals surface area contributed by atoms with Gasteiger partial charge < -0.3 is 10.6 Å². The summed E-state index contributed by atoms with van der Waals surface area (Å²) in [6, 6.07) is 0. The van der Waals surface area contributed by atoms with E-state index in [1.165, 1.54) is 16.2 Å². The number of hydrogen-bond acceptors (Lipinski definition) is 4. The molecule has 9 heteroatoms. The minimum atomic E-state index is -0.124. The maximum absolute atomic E-state index is 12.7. The average Bonchev–Trinajstić information content (AvgIpc) is 3.42. The molecule has 8 nitrogen and oxygen atoms in total. The molecule has 2 bridgehead atoms. The van der Waals surface area contributed by atoms with Crippen molar-refractivity contribution in [1.29, 1.82) is 0 Å². The second-order valence-corrected chi connectivity index (χ2v) is 8.28. The first-order valence-electron chi connectivity index (χ1n) is 10.4. The standard InChI is InChI=1S/C21H30N6O2.HI/c1-12-16(13(2)26(4)25-12)7-8-23-21(22-3)24-9-10-27-19(28)17-14-5-6-15(11-14)18(17)20(27)29;/h5-6,14-15,17-18H,7-11H2,1-4H3,(H2,22,23,24);1H. The molecule has 2 heterocycles. The highest BCUT2D eigenvalue weighted by Crippen LogP contribution is 2.52. The Hall–Kier alpha value is -1.91. The van der Waals surface area contributed by atoms with E-state index in [1.807, 2.05) is 18.7 Å². The van der Waals surface area contributed by atoms with E-state index in [1.54, 1.807) is 7.05 Å². The molecule has 0 radical (unpaired) electrons. The third-order valence-corrected chi connectivity index (χ3v) is 6.74. The number of aliphatic imine (C=N–C) groups is 1. The molecule has 2 N–H and O–H groups in total. The van der Waals surface area contributed by atoms with Crippen LogP contribution >= 0.6 is 24.0 Å². The molecule has 2 fully saturated rings. The Morgan fingerprint density at radius 2 is 1.73 bits per heavy atom. The van der Waals surface area contributed by atoms with Crippen molar-refractivity contribution >= 4 is 41.8 Å². The maximum atomic E-state index is 12.7. The van der Waals surface area contributed by atoms with Crippen molar-refractivity contribution < 1.29 is 9.59 Å². The molecule has 30 heavy (non-hydrogen) atoms. The number of aromatic nitrogens is 2. The first kappa shape index (κ1) is 22.8. The molecular formula is C21H31IN6O2. The van der Waals surface area contributed by atoms with Crippen LogP contribution in [0.1, 0.15) is 23.4 Å². The van der Waals surface area contributed by atoms with Crippen molar-refractivity contribution in [2.75, 3.05) is 26.7 Å². The van der Waals surface area contributed by atoms with Crippen LogP contribution in [0.25, 0.3) is 0 Å². The van der Waals surface area contributed by atoms with Crippen molar-refractivity contribution in [2.45, 2.75) is 26.7 Å². The van der Waals surface area contributed by atoms with Gasteiger partial charge in [-0.1, -0.05) is 12.2 Å². The molecule has 4 rings (SSSR count). The summed E-state index contributed by atoms with van der Waals surface area (Å²) in [5.41, 5.74) is 3.47. The lowest BCUT2D eigenvalue weighted by Crippen LogP contribution is -2.44. The van der Waals surface area contributed by atoms with Crippen molar-refractivity contribution in [2.24, 2.45) is 35.7 Å². The van der Waals surface area contributed by atoms with Crippen LogP contribution in [0.4, 0.5) is 0 Å². The third-order valence-electron chi connectivity index (χ3n) is 6.74. The quantitative estimate of drug-likeness (QED) is 0.191. The van der Waals surface area contributed by atoms with Gasteiger partial charge in [0.05, 0.1) is 17.5 Å². The molecule has 164 valence electrons. The Morgan fingerprint density at radius 3 is 2.27 bits per heavy atom. The van der Waals surface area contributed by atoms with Crippen LogP contribution in [0.2, 0.25) is 0 Å². The molecular weight excluding hydrogens is 495 g/mol. The molecule has 0 spiro atoms. The Balaban J connectivity index is 0.00000256. The minimum Gasteiger partial charge on any atom is -0.356 e. The van der Waals surface area contributed by atoms with E-state index in [4.69, 9.17) is 0 Å². The molecule has 4 unspecified atom stereocenters. The van der Waals surface area contributed by atoms with E-state index in [-0.39, 0.29) is 59.5 Å². The summed E-state index contributed by atoms with van der Waals surface area (Å²) in [6.07, 6.45) is 6.06. The number of aryl methyl sites for hydroxylation is 2. The fourth-order valence-electron chi connectivity index (χ4n) is 5.18. The van der Waals surface area contributed by atoms with Gasteiger partial charge in [0.25, 0.3) is 0 Å². The van der Waals surface area contributed by atoms with Gasteiger partial charge in [0.15, 0.2) is 5.96 Å². The minimum absolute atomic E-state index is 0. The summed E-state index contributed by atoms with van der Waals surface area (Å²) >= 11 is 0. The number of imide groups is 1. The van der Waals surface area contributed by atoms with Gasteiger partial charge in [-0.05, 0) is 44.1 Å². The molecule has 2 aliphatic carbocycles. The molecule has 1 saturated carbocycles. The molecule has 0 aromatic carbocycles. The van der Waals surface area contributed by atoms with Crippen LogP contribution in [0.3, 0.4) is 0 Å². The van der Waals surface area contributed by atoms with E-state index in [2.05, 4.69) is 39.8 Å². The number of halogens is 1. The van der Waals surface area contributed by atoms with Crippen LogP contribution in [0.5, 0.6) is 0 Å². The Bertz CT molecular complexity index is 862. The fraction of sp³-hybridized carbons (Fsp3) is 0.619. The maximum Gasteiger partial charge on any atom is 0.233 e. The predicted molar refractivity (Wildman–Crippen MR) is 126 cm³/mol. The second-order valence-electron chi connectivity index (χ2n) is 8.28. The molecule has 1 saturated heterocycles. The first-order valence-corrected chi connectivity index (χ1v) is 10.4. The number of likely N-dealkylation sites (tertiary alicyclic amines) is 1. The Labute approximate surface area is 194 Å². The number of nitrogens with one attached hydrogen (secondary N) is 2. The van der Waals surface area contributed by atoms with Crippen LogP contribution in [-0.4, -0.2) is 59.1 Å². The molecule has 1 aromatic heterocycles. The van der Waals surface area contributed by atoms with E-state index in [0.717, 1.165) is 25.1 Å². The van der Waals surface area contributed by atoms with Crippen LogP contribution in [-0.2, 0) is 23.1 Å². The second kappa shape index (κ2) is 9.07. The lowest BCUT2D eigenvalue weighted by molar-refractivity contribution is -0.140. The zero-order valence-corrected chi connectivity index (χ0v) is 20.3. The monoisotopic (exact) mass is 526 g/mol. The predicted octanol–water partition coefficient (Wildman–Crippen LogP) is 1.17. The first-order chi connectivity index (χ1) is 13.9. The van der Waals surface area contributed by atoms with Crippen LogP contribution in [0.15, 0.2) is 17.1 Å². The summed E-state index contributed by atoms with van der Waals surface area (Å²) in [5, 5.41) is 11.0. The molecule has 1 aromatic rings. The van der Waals surface area contributed by atoms with Crippen molar-refractivity contribution in [3.63, 3.8) is 0 Å². The van der Waals surface area contributed by atoms with Gasteiger partial charge in [0.1, 0.15) is 0 Å². The summed E-state index contributed by atoms with van der Waals surface area (Å²) < 4.78 is 1.90. The lowest BCUT2D eigenvalue weighted by Gasteiger charge is -2.18. The highest BCUT2D eigenvalue weighted by Gasteiger charge is 2.58. The number of guanidine groups is 1. The zero-order valence-electron chi connectivity index (χ0n) is 18.0. The molecule has 2 amide bonds. The zero-order chi connectivity index (χ0) is 20.7. The number of amides is 2. The summed E-state index contributed by atoms with van der Waals surface area (Å²) in [6.45, 7) is 5.70.